The first-order valence-electron chi connectivity index (χ1n) is 10.1. The van der Waals surface area contributed by atoms with Crippen LogP contribution < -0.4 is 10.9 Å². The number of hydrogen-bond donors (Lipinski definition) is 1. The molecule has 0 saturated carbocycles. The van der Waals surface area contributed by atoms with E-state index in [1.54, 1.807) is 6.92 Å². The maximum atomic E-state index is 13.8. The number of carbonyl (C=O) groups is 2. The van der Waals surface area contributed by atoms with Crippen molar-refractivity contribution in [2.45, 2.75) is 13.1 Å². The topological polar surface area (TPSA) is 90.3 Å². The first kappa shape index (κ1) is 24.1. The Balaban J connectivity index is 1.81. The van der Waals surface area contributed by atoms with E-state index in [0.29, 0.717) is 0 Å². The quantitative estimate of drug-likeness (QED) is 0.303. The maximum absolute atomic E-state index is 13.8. The van der Waals surface area contributed by atoms with Crippen LogP contribution in [0.25, 0.3) is 16.5 Å². The van der Waals surface area contributed by atoms with Crippen LogP contribution in [0.15, 0.2) is 58.7 Å². The van der Waals surface area contributed by atoms with E-state index in [9.17, 15) is 31.9 Å². The fraction of sp³-hybridized carbons (Fsp3) is 0.130. The van der Waals surface area contributed by atoms with Crippen LogP contribution in [-0.4, -0.2) is 28.3 Å². The van der Waals surface area contributed by atoms with E-state index < -0.39 is 35.0 Å². The van der Waals surface area contributed by atoms with Gasteiger partial charge in [0.25, 0.3) is 11.5 Å². The van der Waals surface area contributed by atoms with E-state index in [1.165, 1.54) is 23.6 Å². The molecule has 7 nitrogen and oxygen atoms in total. The van der Waals surface area contributed by atoms with Crippen molar-refractivity contribution in [3.05, 3.63) is 86.9 Å². The smallest absolute Gasteiger partial charge is 0.416 e. The van der Waals surface area contributed by atoms with Gasteiger partial charge in [-0.25, -0.2) is 9.18 Å². The minimum Gasteiger partial charge on any atom is -0.461 e. The molecule has 1 amide bonds. The summed E-state index contributed by atoms with van der Waals surface area (Å²) < 4.78 is 58.0. The Morgan fingerprint density at radius 1 is 1.14 bits per heavy atom. The van der Waals surface area contributed by atoms with Crippen LogP contribution in [-0.2, 0) is 10.9 Å². The van der Waals surface area contributed by atoms with E-state index in [0.717, 1.165) is 46.4 Å². The number of nitrogens with one attached hydrogen (secondary N) is 1. The Hall–Kier alpha value is -4.06. The Morgan fingerprint density at radius 2 is 1.86 bits per heavy atom. The lowest BCUT2D eigenvalue weighted by Crippen LogP contribution is -2.25. The van der Waals surface area contributed by atoms with Crippen molar-refractivity contribution in [3.8, 4) is 5.69 Å². The lowest BCUT2D eigenvalue weighted by molar-refractivity contribution is -0.137. The molecule has 1 N–H and O–H groups in total. The molecule has 0 fully saturated rings. The molecule has 0 unspecified atom stereocenters. The van der Waals surface area contributed by atoms with Crippen molar-refractivity contribution in [1.29, 1.82) is 0 Å². The third kappa shape index (κ3) is 4.78. The molecule has 2 aromatic heterocycles. The summed E-state index contributed by atoms with van der Waals surface area (Å²) in [6.45, 7) is 1.61. The fourth-order valence-electron chi connectivity index (χ4n) is 3.26. The number of nitrogens with zero attached hydrogens (tertiary/aromatic N) is 2. The number of amides is 1. The number of esters is 1. The van der Waals surface area contributed by atoms with Gasteiger partial charge in [-0.2, -0.15) is 23.0 Å². The number of thiophene rings is 1. The number of carbonyl (C=O) groups excluding carboxylic acids is 2. The maximum Gasteiger partial charge on any atom is 0.416 e. The molecule has 0 saturated heterocycles. The number of ether oxygens (including phenoxy) is 1. The summed E-state index contributed by atoms with van der Waals surface area (Å²) in [6, 6.07) is 8.51. The van der Waals surface area contributed by atoms with Crippen molar-refractivity contribution in [3.63, 3.8) is 0 Å². The van der Waals surface area contributed by atoms with Crippen LogP contribution in [0.2, 0.25) is 0 Å². The van der Waals surface area contributed by atoms with Gasteiger partial charge < -0.3 is 10.1 Å². The van der Waals surface area contributed by atoms with Crippen LogP contribution in [0.4, 0.5) is 22.6 Å². The molecule has 4 aromatic rings. The largest absolute Gasteiger partial charge is 0.461 e. The van der Waals surface area contributed by atoms with Gasteiger partial charge in [0.05, 0.1) is 23.2 Å². The standard InChI is InChI=1S/C23H15F4N3O4S/c1-2-34-22(33)18-16-11-35-20(28-19(31)12-6-8-13(9-7-12)23(25,26)27)17(16)21(32)30(29-18)15-5-3-4-14(24)10-15/h3-11H,2H2,1H3,(H,28,31). The van der Waals surface area contributed by atoms with Crippen molar-refractivity contribution in [2.75, 3.05) is 11.9 Å². The number of halogens is 4. The summed E-state index contributed by atoms with van der Waals surface area (Å²) in [5.41, 5.74) is -1.93. The SMILES string of the molecule is CCOC(=O)c1nn(-c2cccc(F)c2)c(=O)c2c(NC(=O)c3ccc(C(F)(F)F)cc3)scc12. The highest BCUT2D eigenvalue weighted by atomic mass is 32.1. The van der Waals surface area contributed by atoms with Crippen LogP contribution in [0.3, 0.4) is 0 Å². The predicted octanol–water partition coefficient (Wildman–Crippen LogP) is 5.03. The number of benzene rings is 2. The lowest BCUT2D eigenvalue weighted by Gasteiger charge is -2.10. The second kappa shape index (κ2) is 9.29. The highest BCUT2D eigenvalue weighted by molar-refractivity contribution is 7.16. The Kier molecular flexibility index (Phi) is 6.39. The molecule has 4 rings (SSSR count). The Bertz CT molecular complexity index is 1490. The van der Waals surface area contributed by atoms with Gasteiger partial charge in [-0.15, -0.1) is 11.3 Å². The van der Waals surface area contributed by atoms with Crippen LogP contribution in [0.1, 0.15) is 33.3 Å². The number of anilines is 1. The summed E-state index contributed by atoms with van der Waals surface area (Å²) >= 11 is 0.917. The van der Waals surface area contributed by atoms with Crippen molar-refractivity contribution in [1.82, 2.24) is 9.78 Å². The number of alkyl halides is 3. The first-order chi connectivity index (χ1) is 16.6. The van der Waals surface area contributed by atoms with E-state index in [2.05, 4.69) is 10.4 Å². The molecular weight excluding hydrogens is 490 g/mol. The Labute approximate surface area is 198 Å². The summed E-state index contributed by atoms with van der Waals surface area (Å²) in [5.74, 6) is -2.25. The molecule has 35 heavy (non-hydrogen) atoms. The molecule has 0 bridgehead atoms. The monoisotopic (exact) mass is 505 g/mol. The molecule has 0 spiro atoms. The minimum absolute atomic E-state index is 0.0305. The summed E-state index contributed by atoms with van der Waals surface area (Å²) in [5, 5.41) is 8.04. The van der Waals surface area contributed by atoms with Gasteiger partial charge in [0.2, 0.25) is 0 Å². The van der Waals surface area contributed by atoms with Gasteiger partial charge in [0, 0.05) is 16.3 Å². The van der Waals surface area contributed by atoms with Gasteiger partial charge in [0.1, 0.15) is 10.8 Å². The fourth-order valence-corrected chi connectivity index (χ4v) is 4.19. The molecule has 0 atom stereocenters. The molecule has 0 aliphatic heterocycles. The van der Waals surface area contributed by atoms with Gasteiger partial charge in [-0.1, -0.05) is 6.07 Å². The highest BCUT2D eigenvalue weighted by Crippen LogP contribution is 2.32. The molecule has 0 aliphatic rings. The second-order valence-electron chi connectivity index (χ2n) is 7.15. The average Bonchev–Trinajstić information content (AvgIpc) is 3.23. The Morgan fingerprint density at radius 3 is 2.49 bits per heavy atom. The van der Waals surface area contributed by atoms with Gasteiger partial charge >= 0.3 is 12.1 Å². The number of fused-ring (bicyclic) bond motifs is 1. The highest BCUT2D eigenvalue weighted by Gasteiger charge is 2.30. The minimum atomic E-state index is -4.56. The third-order valence-corrected chi connectivity index (χ3v) is 5.77. The second-order valence-corrected chi connectivity index (χ2v) is 8.03. The molecular formula is C23H15F4N3O4S. The first-order valence-corrected chi connectivity index (χ1v) is 10.9. The zero-order valence-electron chi connectivity index (χ0n) is 17.9. The number of hydrogen-bond acceptors (Lipinski definition) is 6. The zero-order chi connectivity index (χ0) is 25.3. The molecule has 0 radical (unpaired) electrons. The van der Waals surface area contributed by atoms with Crippen LogP contribution in [0, 0.1) is 5.82 Å². The normalized spacial score (nSPS) is 11.5. The zero-order valence-corrected chi connectivity index (χ0v) is 18.7. The number of rotatable bonds is 5. The molecule has 2 heterocycles. The average molecular weight is 505 g/mol. The van der Waals surface area contributed by atoms with Gasteiger partial charge in [0.15, 0.2) is 5.69 Å². The lowest BCUT2D eigenvalue weighted by atomic mass is 10.1. The summed E-state index contributed by atoms with van der Waals surface area (Å²) in [6.07, 6.45) is -4.56. The predicted molar refractivity (Wildman–Crippen MR) is 121 cm³/mol. The number of aromatic nitrogens is 2. The van der Waals surface area contributed by atoms with Crippen molar-refractivity contribution in [2.24, 2.45) is 0 Å². The van der Waals surface area contributed by atoms with Crippen molar-refractivity contribution >= 4 is 39.0 Å². The van der Waals surface area contributed by atoms with Gasteiger partial charge in [-0.05, 0) is 49.4 Å². The van der Waals surface area contributed by atoms with Crippen LogP contribution >= 0.6 is 11.3 Å². The van der Waals surface area contributed by atoms with Gasteiger partial charge in [-0.3, -0.25) is 9.59 Å². The van der Waals surface area contributed by atoms with E-state index in [-0.39, 0.29) is 39.3 Å². The molecule has 0 aliphatic carbocycles. The van der Waals surface area contributed by atoms with Crippen LogP contribution in [0.5, 0.6) is 0 Å². The van der Waals surface area contributed by atoms with E-state index in [1.807, 2.05) is 0 Å². The van der Waals surface area contributed by atoms with Crippen molar-refractivity contribution < 1.29 is 31.9 Å². The summed E-state index contributed by atoms with van der Waals surface area (Å²) in [4.78, 5) is 38.5. The van der Waals surface area contributed by atoms with E-state index >= 15 is 0 Å². The third-order valence-electron chi connectivity index (χ3n) is 4.88. The summed E-state index contributed by atoms with van der Waals surface area (Å²) in [7, 11) is 0. The van der Waals surface area contributed by atoms with E-state index in [4.69, 9.17) is 4.74 Å². The molecule has 2 aromatic carbocycles. The molecule has 180 valence electrons. The molecule has 12 heteroatoms.